The minimum absolute atomic E-state index is 0.230. The van der Waals surface area contributed by atoms with Crippen molar-refractivity contribution in [2.45, 2.75) is 0 Å². The molecule has 0 fully saturated rings. The first kappa shape index (κ1) is 11.7. The number of benzene rings is 1. The van der Waals surface area contributed by atoms with Crippen molar-refractivity contribution in [3.63, 3.8) is 0 Å². The summed E-state index contributed by atoms with van der Waals surface area (Å²) in [7, 11) is 0. The molecule has 3 heterocycles. The van der Waals surface area contributed by atoms with Crippen LogP contribution in [0.1, 0.15) is 11.4 Å². The van der Waals surface area contributed by atoms with Crippen LogP contribution in [0.25, 0.3) is 17.0 Å². The maximum Gasteiger partial charge on any atom is 0.273 e. The van der Waals surface area contributed by atoms with Crippen molar-refractivity contribution in [1.29, 1.82) is 0 Å². The molecule has 0 radical (unpaired) electrons. The normalized spacial score (nSPS) is 16.5. The summed E-state index contributed by atoms with van der Waals surface area (Å²) in [4.78, 5) is 22.3. The van der Waals surface area contributed by atoms with E-state index in [0.717, 1.165) is 16.5 Å². The molecule has 4 rings (SSSR count). The van der Waals surface area contributed by atoms with Crippen molar-refractivity contribution in [3.8, 4) is 0 Å². The molecular formula is C15H11N5O. The molecule has 1 aliphatic rings. The topological polar surface area (TPSA) is 85.9 Å². The van der Waals surface area contributed by atoms with Gasteiger partial charge in [-0.15, -0.1) is 0 Å². The standard InChI is InChI=1S/C15H11N5O/c21-15-11(13(19-20-15)14-16-5-6-17-14)7-9-8-18-12-4-2-1-3-10(9)12/h1-8,18H,(H,16,17)(H,20,21). The predicted octanol–water partition coefficient (Wildman–Crippen LogP) is 1.81. The third-order valence-electron chi connectivity index (χ3n) is 3.41. The summed E-state index contributed by atoms with van der Waals surface area (Å²) in [6, 6.07) is 7.94. The Kier molecular flexibility index (Phi) is 2.47. The molecule has 0 saturated heterocycles. The SMILES string of the molecule is O=C1NN=C(c2ncc[nH]2)C1=Cc1c[nH]c2ccccc12. The van der Waals surface area contributed by atoms with Crippen molar-refractivity contribution < 1.29 is 4.79 Å². The zero-order valence-electron chi connectivity index (χ0n) is 10.9. The van der Waals surface area contributed by atoms with Gasteiger partial charge in [0.25, 0.3) is 5.91 Å². The fourth-order valence-corrected chi connectivity index (χ4v) is 2.41. The zero-order valence-corrected chi connectivity index (χ0v) is 10.9. The molecule has 1 aromatic carbocycles. The van der Waals surface area contributed by atoms with Gasteiger partial charge in [-0.05, 0) is 12.1 Å². The number of rotatable bonds is 2. The van der Waals surface area contributed by atoms with E-state index < -0.39 is 0 Å². The number of para-hydroxylation sites is 1. The number of H-pyrrole nitrogens is 2. The van der Waals surface area contributed by atoms with Crippen LogP contribution in [0.5, 0.6) is 0 Å². The lowest BCUT2D eigenvalue weighted by molar-refractivity contribution is -0.116. The quantitative estimate of drug-likeness (QED) is 0.624. The highest BCUT2D eigenvalue weighted by molar-refractivity contribution is 6.32. The number of nitrogens with one attached hydrogen (secondary N) is 3. The molecule has 0 bridgehead atoms. The monoisotopic (exact) mass is 277 g/mol. The number of amides is 1. The molecule has 6 heteroatoms. The van der Waals surface area contributed by atoms with Gasteiger partial charge in [-0.25, -0.2) is 10.4 Å². The second kappa shape index (κ2) is 4.45. The molecule has 3 N–H and O–H groups in total. The van der Waals surface area contributed by atoms with Crippen LogP contribution in [0.3, 0.4) is 0 Å². The second-order valence-electron chi connectivity index (χ2n) is 4.69. The Balaban J connectivity index is 1.84. The predicted molar refractivity (Wildman–Crippen MR) is 79.5 cm³/mol. The van der Waals surface area contributed by atoms with Crippen LogP contribution in [-0.2, 0) is 4.79 Å². The maximum absolute atomic E-state index is 12.0. The summed E-state index contributed by atoms with van der Waals surface area (Å²) in [6.45, 7) is 0. The van der Waals surface area contributed by atoms with E-state index in [-0.39, 0.29) is 5.91 Å². The number of fused-ring (bicyclic) bond motifs is 1. The first-order valence-corrected chi connectivity index (χ1v) is 6.49. The minimum Gasteiger partial charge on any atom is -0.361 e. The van der Waals surface area contributed by atoms with Crippen LogP contribution in [-0.4, -0.2) is 26.6 Å². The van der Waals surface area contributed by atoms with E-state index in [9.17, 15) is 4.79 Å². The Hall–Kier alpha value is -3.15. The first-order valence-electron chi connectivity index (χ1n) is 6.49. The average Bonchev–Trinajstić information content (AvgIpc) is 3.21. The number of aromatic nitrogens is 3. The number of carbonyl (C=O) groups is 1. The molecule has 0 saturated carbocycles. The Morgan fingerprint density at radius 1 is 1.14 bits per heavy atom. The Bertz CT molecular complexity index is 886. The van der Waals surface area contributed by atoms with E-state index in [1.54, 1.807) is 12.4 Å². The van der Waals surface area contributed by atoms with Crippen LogP contribution < -0.4 is 5.43 Å². The Morgan fingerprint density at radius 2 is 2.05 bits per heavy atom. The molecule has 2 aromatic heterocycles. The number of imidazole rings is 1. The van der Waals surface area contributed by atoms with Crippen LogP contribution >= 0.6 is 0 Å². The summed E-state index contributed by atoms with van der Waals surface area (Å²) in [6.07, 6.45) is 7.03. The molecule has 102 valence electrons. The van der Waals surface area contributed by atoms with Crippen LogP contribution in [0, 0.1) is 0 Å². The molecule has 1 amide bonds. The number of hydrazone groups is 1. The van der Waals surface area contributed by atoms with Crippen molar-refractivity contribution >= 4 is 28.6 Å². The highest BCUT2D eigenvalue weighted by atomic mass is 16.2. The molecule has 21 heavy (non-hydrogen) atoms. The van der Waals surface area contributed by atoms with E-state index in [0.29, 0.717) is 17.1 Å². The Labute approximate surface area is 119 Å². The summed E-state index contributed by atoms with van der Waals surface area (Å²) in [5.74, 6) is 0.339. The van der Waals surface area contributed by atoms with Gasteiger partial charge in [0.2, 0.25) is 0 Å². The van der Waals surface area contributed by atoms with Crippen molar-refractivity contribution in [3.05, 3.63) is 59.8 Å². The van der Waals surface area contributed by atoms with Crippen LogP contribution in [0.15, 0.2) is 53.5 Å². The summed E-state index contributed by atoms with van der Waals surface area (Å²) >= 11 is 0. The second-order valence-corrected chi connectivity index (χ2v) is 4.69. The van der Waals surface area contributed by atoms with Gasteiger partial charge in [-0.2, -0.15) is 5.10 Å². The van der Waals surface area contributed by atoms with E-state index in [4.69, 9.17) is 0 Å². The molecular weight excluding hydrogens is 266 g/mol. The molecule has 0 aliphatic carbocycles. The molecule has 3 aromatic rings. The lowest BCUT2D eigenvalue weighted by Crippen LogP contribution is -2.14. The smallest absolute Gasteiger partial charge is 0.273 e. The fourth-order valence-electron chi connectivity index (χ4n) is 2.41. The van der Waals surface area contributed by atoms with E-state index in [2.05, 4.69) is 25.5 Å². The minimum atomic E-state index is -0.230. The summed E-state index contributed by atoms with van der Waals surface area (Å²) in [5.41, 5.74) is 5.47. The molecule has 1 aliphatic heterocycles. The van der Waals surface area contributed by atoms with Gasteiger partial charge >= 0.3 is 0 Å². The third-order valence-corrected chi connectivity index (χ3v) is 3.41. The van der Waals surface area contributed by atoms with Crippen molar-refractivity contribution in [1.82, 2.24) is 20.4 Å². The lowest BCUT2D eigenvalue weighted by atomic mass is 10.1. The number of nitrogens with zero attached hydrogens (tertiary/aromatic N) is 2. The Morgan fingerprint density at radius 3 is 2.90 bits per heavy atom. The molecule has 0 atom stereocenters. The van der Waals surface area contributed by atoms with Gasteiger partial charge in [-0.1, -0.05) is 18.2 Å². The number of hydrogen-bond donors (Lipinski definition) is 3. The molecule has 0 spiro atoms. The van der Waals surface area contributed by atoms with Crippen LogP contribution in [0.2, 0.25) is 0 Å². The van der Waals surface area contributed by atoms with E-state index in [1.807, 2.05) is 36.5 Å². The molecule has 6 nitrogen and oxygen atoms in total. The van der Waals surface area contributed by atoms with Gasteiger partial charge in [0.15, 0.2) is 5.82 Å². The molecule has 0 unspecified atom stereocenters. The van der Waals surface area contributed by atoms with Crippen LogP contribution in [0.4, 0.5) is 0 Å². The number of aromatic amines is 2. The fraction of sp³-hybridized carbons (Fsp3) is 0. The van der Waals surface area contributed by atoms with Gasteiger partial charge in [0, 0.05) is 35.1 Å². The van der Waals surface area contributed by atoms with Gasteiger partial charge < -0.3 is 9.97 Å². The third kappa shape index (κ3) is 1.85. The first-order chi connectivity index (χ1) is 10.3. The van der Waals surface area contributed by atoms with Crippen molar-refractivity contribution in [2.24, 2.45) is 5.10 Å². The largest absolute Gasteiger partial charge is 0.361 e. The number of hydrogen-bond acceptors (Lipinski definition) is 3. The summed E-state index contributed by atoms with van der Waals surface area (Å²) < 4.78 is 0. The van der Waals surface area contributed by atoms with E-state index >= 15 is 0 Å². The van der Waals surface area contributed by atoms with Gasteiger partial charge in [0.1, 0.15) is 5.71 Å². The highest BCUT2D eigenvalue weighted by Crippen LogP contribution is 2.22. The number of carbonyl (C=O) groups excluding carboxylic acids is 1. The van der Waals surface area contributed by atoms with E-state index in [1.165, 1.54) is 0 Å². The lowest BCUT2D eigenvalue weighted by Gasteiger charge is -1.98. The highest BCUT2D eigenvalue weighted by Gasteiger charge is 2.25. The zero-order chi connectivity index (χ0) is 14.2. The van der Waals surface area contributed by atoms with Gasteiger partial charge in [-0.3, -0.25) is 4.79 Å². The van der Waals surface area contributed by atoms with Crippen molar-refractivity contribution in [2.75, 3.05) is 0 Å². The maximum atomic E-state index is 12.0. The summed E-state index contributed by atoms with van der Waals surface area (Å²) in [5, 5.41) is 5.10. The average molecular weight is 277 g/mol. The van der Waals surface area contributed by atoms with Gasteiger partial charge in [0.05, 0.1) is 5.57 Å².